The van der Waals surface area contributed by atoms with Gasteiger partial charge < -0.3 is 44.0 Å². The molecule has 19 heteroatoms. The Labute approximate surface area is 324 Å². The Kier molecular flexibility index (Phi) is 16.4. The van der Waals surface area contributed by atoms with Gasteiger partial charge in [0.1, 0.15) is 13.2 Å². The van der Waals surface area contributed by atoms with Gasteiger partial charge in [-0.25, -0.2) is 9.98 Å². The largest absolute Gasteiger partial charge is 2.00 e. The van der Waals surface area contributed by atoms with Gasteiger partial charge in [0.15, 0.2) is 0 Å². The Balaban J connectivity index is 0.000000196. The van der Waals surface area contributed by atoms with E-state index in [1.165, 1.54) is 0 Å². The van der Waals surface area contributed by atoms with Crippen molar-refractivity contribution in [2.24, 2.45) is 21.8 Å². The van der Waals surface area contributed by atoms with Crippen molar-refractivity contribution in [2.45, 2.75) is 39.8 Å². The van der Waals surface area contributed by atoms with Crippen LogP contribution in [0.4, 0.5) is 34.5 Å². The van der Waals surface area contributed by atoms with E-state index in [4.69, 9.17) is 9.47 Å². The topological polar surface area (TPSA) is 94.7 Å². The van der Waals surface area contributed by atoms with Crippen LogP contribution in [0.1, 0.15) is 27.7 Å². The molecular formula is C36H36B2F8N6O2Ru. The maximum Gasteiger partial charge on any atom is 2.00 e. The van der Waals surface area contributed by atoms with E-state index in [0.717, 1.165) is 43.6 Å². The predicted octanol–water partition coefficient (Wildman–Crippen LogP) is 10.1. The van der Waals surface area contributed by atoms with E-state index >= 15 is 0 Å². The Bertz CT molecular complexity index is 1930. The van der Waals surface area contributed by atoms with Gasteiger partial charge in [0, 0.05) is 46.3 Å². The number of hydrogen-bond donors (Lipinski definition) is 0. The first-order chi connectivity index (χ1) is 25.5. The monoisotopic (exact) mass is 860 g/mol. The van der Waals surface area contributed by atoms with E-state index in [0.29, 0.717) is 36.8 Å². The molecule has 4 aromatic heterocycles. The molecule has 2 atom stereocenters. The van der Waals surface area contributed by atoms with Gasteiger partial charge in [0.2, 0.25) is 0 Å². The van der Waals surface area contributed by atoms with Gasteiger partial charge in [-0.1, -0.05) is 76.2 Å². The van der Waals surface area contributed by atoms with Crippen molar-refractivity contribution in [1.82, 2.24) is 19.9 Å². The second-order valence-electron chi connectivity index (χ2n) is 12.5. The van der Waals surface area contributed by atoms with Crippen LogP contribution in [0.3, 0.4) is 0 Å². The number of rotatable bonds is 3. The first-order valence-electron chi connectivity index (χ1n) is 16.8. The molecule has 0 fully saturated rings. The van der Waals surface area contributed by atoms with Gasteiger partial charge >= 0.3 is 34.0 Å². The van der Waals surface area contributed by atoms with Gasteiger partial charge in [-0.3, -0.25) is 19.9 Å². The van der Waals surface area contributed by atoms with Gasteiger partial charge in [0.25, 0.3) is 11.8 Å². The van der Waals surface area contributed by atoms with Crippen molar-refractivity contribution in [2.75, 3.05) is 13.2 Å². The van der Waals surface area contributed by atoms with Crippen LogP contribution in [0.25, 0.3) is 43.6 Å². The molecule has 0 aliphatic carbocycles. The number of aromatic nitrogens is 4. The van der Waals surface area contributed by atoms with Gasteiger partial charge in [0.05, 0.1) is 34.2 Å². The molecule has 55 heavy (non-hydrogen) atoms. The fraction of sp³-hybridized carbons (Fsp3) is 0.278. The maximum atomic E-state index is 9.75. The first kappa shape index (κ1) is 44.6. The number of pyridine rings is 4. The molecule has 0 saturated heterocycles. The zero-order chi connectivity index (χ0) is 39.5. The summed E-state index contributed by atoms with van der Waals surface area (Å²) in [5.41, 5.74) is 3.91. The summed E-state index contributed by atoms with van der Waals surface area (Å²) in [7, 11) is -12.0. The Morgan fingerprint density at radius 2 is 0.709 bits per heavy atom. The SMILES string of the molecule is CC(C)[C@H]1COC(C2=N[C@@H](C(C)C)CO2)=N1.F[B-](F)(F)F.F[B-](F)(F)F.[Ru+2].c1cnc2c(c1)ccc1cccnc12.c1cnc2c(c1)ccc1cccnc12. The van der Waals surface area contributed by atoms with Crippen molar-refractivity contribution in [3.63, 3.8) is 0 Å². The number of ether oxygens (including phenoxy) is 2. The summed E-state index contributed by atoms with van der Waals surface area (Å²) in [5.74, 6) is 2.20. The van der Waals surface area contributed by atoms with Crippen LogP contribution < -0.4 is 0 Å². The molecule has 8 nitrogen and oxygen atoms in total. The number of nitrogens with zero attached hydrogens (tertiary/aromatic N) is 6. The van der Waals surface area contributed by atoms with Crippen LogP contribution in [-0.4, -0.2) is 71.5 Å². The zero-order valence-corrected chi connectivity index (χ0v) is 31.7. The summed E-state index contributed by atoms with van der Waals surface area (Å²) in [4.78, 5) is 26.4. The van der Waals surface area contributed by atoms with E-state index in [9.17, 15) is 34.5 Å². The summed E-state index contributed by atoms with van der Waals surface area (Å²) in [5, 5.41) is 4.55. The van der Waals surface area contributed by atoms with Crippen LogP contribution in [0.2, 0.25) is 0 Å². The Hall–Kier alpha value is -4.79. The number of aliphatic imine (C=N–C) groups is 2. The molecule has 6 aromatic rings. The van der Waals surface area contributed by atoms with E-state index in [-0.39, 0.29) is 31.6 Å². The van der Waals surface area contributed by atoms with Crippen molar-refractivity contribution in [1.29, 1.82) is 0 Å². The molecule has 292 valence electrons. The minimum Gasteiger partial charge on any atom is -0.472 e. The third-order valence-corrected chi connectivity index (χ3v) is 7.76. The molecule has 6 heterocycles. The second kappa shape index (κ2) is 20.2. The third kappa shape index (κ3) is 14.4. The third-order valence-electron chi connectivity index (χ3n) is 7.76. The molecule has 2 aliphatic heterocycles. The molecule has 0 radical (unpaired) electrons. The van der Waals surface area contributed by atoms with Crippen LogP contribution in [-0.2, 0) is 29.0 Å². The standard InChI is InChI=1S/C12H20N2O2.2C12H8N2.2BF4.Ru/c1-7(2)9-5-15-11(13-9)12-14-10(6-16-12)8(3)4;2*1-3-9-5-6-10-4-2-8-14-12(10)11(9)13-7-1;2*2-1(3,4)5;/h7-10H,5-6H2,1-4H3;2*1-8H;;;/q;;;2*-1;+2/t9-,10-;;;;;/m1...../s1. The maximum absolute atomic E-state index is 9.75. The molecule has 0 saturated carbocycles. The van der Waals surface area contributed by atoms with Crippen molar-refractivity contribution in [3.8, 4) is 0 Å². The van der Waals surface area contributed by atoms with Gasteiger partial charge in [-0.05, 0) is 36.1 Å². The van der Waals surface area contributed by atoms with E-state index < -0.39 is 14.5 Å². The fourth-order valence-electron chi connectivity index (χ4n) is 5.06. The molecule has 2 aliphatic rings. The number of hydrogen-bond acceptors (Lipinski definition) is 8. The minimum absolute atomic E-state index is 0. The number of benzene rings is 2. The summed E-state index contributed by atoms with van der Waals surface area (Å²) in [6.45, 7) is 9.90. The molecule has 0 amide bonds. The normalized spacial score (nSPS) is 16.2. The second-order valence-corrected chi connectivity index (χ2v) is 12.5. The molecule has 0 N–H and O–H groups in total. The molecule has 0 unspecified atom stereocenters. The average Bonchev–Trinajstić information content (AvgIpc) is 3.82. The van der Waals surface area contributed by atoms with E-state index in [1.54, 1.807) is 24.8 Å². The van der Waals surface area contributed by atoms with Gasteiger partial charge in [-0.15, -0.1) is 0 Å². The Morgan fingerprint density at radius 3 is 0.909 bits per heavy atom. The fourth-order valence-corrected chi connectivity index (χ4v) is 5.06. The number of fused-ring (bicyclic) bond motifs is 6. The quantitative estimate of drug-likeness (QED) is 0.1000. The summed E-state index contributed by atoms with van der Waals surface area (Å²) in [6.07, 6.45) is 7.21. The van der Waals surface area contributed by atoms with Crippen LogP contribution in [0, 0.1) is 11.8 Å². The van der Waals surface area contributed by atoms with Crippen LogP contribution in [0.15, 0.2) is 108 Å². The molecule has 0 spiro atoms. The van der Waals surface area contributed by atoms with Crippen LogP contribution in [0.5, 0.6) is 0 Å². The van der Waals surface area contributed by atoms with Crippen molar-refractivity contribution >= 4 is 69.9 Å². The molecule has 0 bridgehead atoms. The summed E-state index contributed by atoms with van der Waals surface area (Å²) >= 11 is 0. The molecule has 2 aromatic carbocycles. The van der Waals surface area contributed by atoms with Crippen molar-refractivity contribution < 1.29 is 63.5 Å². The Morgan fingerprint density at radius 1 is 0.473 bits per heavy atom. The van der Waals surface area contributed by atoms with Crippen molar-refractivity contribution in [3.05, 3.63) is 97.6 Å². The predicted molar refractivity (Wildman–Crippen MR) is 198 cm³/mol. The minimum atomic E-state index is -6.00. The average molecular weight is 859 g/mol. The number of halogens is 8. The summed E-state index contributed by atoms with van der Waals surface area (Å²) in [6, 6.07) is 24.8. The molecule has 8 rings (SSSR count). The smallest absolute Gasteiger partial charge is 0.472 e. The summed E-state index contributed by atoms with van der Waals surface area (Å²) < 4.78 is 89.1. The first-order valence-corrected chi connectivity index (χ1v) is 16.8. The molecular weight excluding hydrogens is 823 g/mol. The van der Waals surface area contributed by atoms with E-state index in [1.807, 2.05) is 24.3 Å². The van der Waals surface area contributed by atoms with E-state index in [2.05, 4.69) is 106 Å². The van der Waals surface area contributed by atoms with Gasteiger partial charge in [-0.2, -0.15) is 0 Å². The zero-order valence-electron chi connectivity index (χ0n) is 30.0. The van der Waals surface area contributed by atoms with Crippen LogP contribution >= 0.6 is 0 Å².